The molecule has 9 aromatic rings. The topological polar surface area (TPSA) is 0 Å². The molecule has 0 N–H and O–H groups in total. The van der Waals surface area contributed by atoms with Gasteiger partial charge in [-0.05, 0) is 153 Å². The average molecular weight is 645 g/mol. The van der Waals surface area contributed by atoms with Crippen molar-refractivity contribution in [2.75, 3.05) is 0 Å². The van der Waals surface area contributed by atoms with Gasteiger partial charge in [-0.1, -0.05) is 146 Å². The van der Waals surface area contributed by atoms with Gasteiger partial charge in [0.2, 0.25) is 0 Å². The van der Waals surface area contributed by atoms with E-state index in [2.05, 4.69) is 158 Å². The van der Waals surface area contributed by atoms with Gasteiger partial charge in [0.1, 0.15) is 0 Å². The molecule has 0 saturated heterocycles. The number of benzene rings is 9. The normalized spacial score (nSPS) is 13.3. The van der Waals surface area contributed by atoms with E-state index in [4.69, 9.17) is 0 Å². The van der Waals surface area contributed by atoms with Crippen LogP contribution in [0.4, 0.5) is 0 Å². The first-order valence-corrected chi connectivity index (χ1v) is 18.2. The summed E-state index contributed by atoms with van der Waals surface area (Å²) in [5.41, 5.74) is 22.3. The maximum atomic E-state index is 2.50. The summed E-state index contributed by atoms with van der Waals surface area (Å²) in [6.07, 6.45) is 2.94. The molecule has 0 atom stereocenters. The Hall–Kier alpha value is -6.24. The SMILES string of the molecule is c1ccc2c(c1)Cc1cc(-c3ccc4c(c3)Cc3cc(-c5ccc6c(c5)Cc5ccc7ccccc7c5-6)c5ccccc5c3-4)c3ccccc3c1-2. The van der Waals surface area contributed by atoms with Gasteiger partial charge in [-0.25, -0.2) is 0 Å². The summed E-state index contributed by atoms with van der Waals surface area (Å²) < 4.78 is 0. The van der Waals surface area contributed by atoms with Crippen LogP contribution in [0.5, 0.6) is 0 Å². The van der Waals surface area contributed by atoms with Gasteiger partial charge >= 0.3 is 0 Å². The summed E-state index contributed by atoms with van der Waals surface area (Å²) in [5, 5.41) is 8.06. The molecule has 3 aliphatic rings. The molecule has 0 unspecified atom stereocenters. The molecule has 12 rings (SSSR count). The van der Waals surface area contributed by atoms with Crippen LogP contribution < -0.4 is 0 Å². The van der Waals surface area contributed by atoms with Gasteiger partial charge < -0.3 is 0 Å². The second-order valence-corrected chi connectivity index (χ2v) is 14.8. The molecule has 0 aliphatic heterocycles. The fourth-order valence-electron chi connectivity index (χ4n) is 9.88. The Labute approximate surface area is 297 Å². The van der Waals surface area contributed by atoms with Crippen LogP contribution in [0.1, 0.15) is 33.4 Å². The molecule has 0 spiro atoms. The third-order valence-corrected chi connectivity index (χ3v) is 12.1. The molecule has 0 heteroatoms. The first kappa shape index (κ1) is 27.6. The maximum absolute atomic E-state index is 2.50. The zero-order valence-corrected chi connectivity index (χ0v) is 28.1. The summed E-state index contributed by atoms with van der Waals surface area (Å²) in [6.45, 7) is 0. The van der Waals surface area contributed by atoms with Gasteiger partial charge in [-0.3, -0.25) is 0 Å². The van der Waals surface area contributed by atoms with Crippen LogP contribution in [0, 0.1) is 0 Å². The molecule has 0 bridgehead atoms. The monoisotopic (exact) mass is 644 g/mol. The summed E-state index contributed by atoms with van der Waals surface area (Å²) in [5.74, 6) is 0. The summed E-state index contributed by atoms with van der Waals surface area (Å²) >= 11 is 0. The molecule has 51 heavy (non-hydrogen) atoms. The average Bonchev–Trinajstić information content (AvgIpc) is 3.87. The second-order valence-electron chi connectivity index (χ2n) is 14.8. The molecule has 0 nitrogen and oxygen atoms in total. The van der Waals surface area contributed by atoms with Gasteiger partial charge in [0.15, 0.2) is 0 Å². The van der Waals surface area contributed by atoms with Crippen molar-refractivity contribution in [2.24, 2.45) is 0 Å². The Morgan fingerprint density at radius 3 is 1.37 bits per heavy atom. The Morgan fingerprint density at radius 1 is 0.255 bits per heavy atom. The molecule has 9 aromatic carbocycles. The third-order valence-electron chi connectivity index (χ3n) is 12.1. The highest BCUT2D eigenvalue weighted by atomic mass is 14.3. The van der Waals surface area contributed by atoms with Crippen molar-refractivity contribution in [1.29, 1.82) is 0 Å². The second kappa shape index (κ2) is 10.2. The van der Waals surface area contributed by atoms with Crippen molar-refractivity contribution in [3.63, 3.8) is 0 Å². The van der Waals surface area contributed by atoms with E-state index < -0.39 is 0 Å². The van der Waals surface area contributed by atoms with Crippen LogP contribution in [-0.2, 0) is 19.3 Å². The predicted molar refractivity (Wildman–Crippen MR) is 215 cm³/mol. The number of fused-ring (bicyclic) bond motifs is 15. The van der Waals surface area contributed by atoms with Crippen molar-refractivity contribution in [3.05, 3.63) is 191 Å². The van der Waals surface area contributed by atoms with E-state index in [-0.39, 0.29) is 0 Å². The fourth-order valence-corrected chi connectivity index (χ4v) is 9.88. The first-order chi connectivity index (χ1) is 25.3. The molecule has 0 heterocycles. The van der Waals surface area contributed by atoms with E-state index in [1.165, 1.54) is 121 Å². The van der Waals surface area contributed by atoms with E-state index in [0.29, 0.717) is 0 Å². The van der Waals surface area contributed by atoms with Crippen LogP contribution in [-0.4, -0.2) is 0 Å². The van der Waals surface area contributed by atoms with Crippen LogP contribution >= 0.6 is 0 Å². The maximum Gasteiger partial charge on any atom is -0.00128 e. The van der Waals surface area contributed by atoms with Crippen LogP contribution in [0.15, 0.2) is 158 Å². The highest BCUT2D eigenvalue weighted by Gasteiger charge is 2.27. The lowest BCUT2D eigenvalue weighted by Gasteiger charge is -2.15. The van der Waals surface area contributed by atoms with Gasteiger partial charge in [-0.2, -0.15) is 0 Å². The Kier molecular flexibility index (Phi) is 5.49. The summed E-state index contributed by atoms with van der Waals surface area (Å²) in [7, 11) is 0. The van der Waals surface area contributed by atoms with Crippen molar-refractivity contribution in [2.45, 2.75) is 19.3 Å². The van der Waals surface area contributed by atoms with Crippen molar-refractivity contribution < 1.29 is 0 Å². The zero-order chi connectivity index (χ0) is 33.2. The fraction of sp³-hybridized carbons (Fsp3) is 0.0588. The number of hydrogen-bond acceptors (Lipinski definition) is 0. The molecule has 0 aromatic heterocycles. The predicted octanol–water partition coefficient (Wildman–Crippen LogP) is 13.2. The van der Waals surface area contributed by atoms with E-state index in [9.17, 15) is 0 Å². The summed E-state index contributed by atoms with van der Waals surface area (Å²) in [4.78, 5) is 0. The van der Waals surface area contributed by atoms with Crippen LogP contribution in [0.3, 0.4) is 0 Å². The van der Waals surface area contributed by atoms with Crippen molar-refractivity contribution in [3.8, 4) is 55.6 Å². The molecule has 0 radical (unpaired) electrons. The third kappa shape index (κ3) is 3.85. The lowest BCUT2D eigenvalue weighted by molar-refractivity contribution is 1.26. The largest absolute Gasteiger partial charge is 0.0619 e. The lowest BCUT2D eigenvalue weighted by atomic mass is 9.89. The smallest absolute Gasteiger partial charge is 0.00128 e. The van der Waals surface area contributed by atoms with Crippen LogP contribution in [0.2, 0.25) is 0 Å². The van der Waals surface area contributed by atoms with E-state index in [1.807, 2.05) is 0 Å². The number of rotatable bonds is 2. The molecule has 236 valence electrons. The van der Waals surface area contributed by atoms with Gasteiger partial charge in [0.25, 0.3) is 0 Å². The lowest BCUT2D eigenvalue weighted by Crippen LogP contribution is -1.90. The minimum absolute atomic E-state index is 0.951. The Balaban J connectivity index is 0.976. The summed E-state index contributed by atoms with van der Waals surface area (Å²) in [6, 6.07) is 59.9. The molecular formula is C51H32. The van der Waals surface area contributed by atoms with E-state index in [1.54, 1.807) is 0 Å². The van der Waals surface area contributed by atoms with Gasteiger partial charge in [-0.15, -0.1) is 0 Å². The first-order valence-electron chi connectivity index (χ1n) is 18.2. The highest BCUT2D eigenvalue weighted by molar-refractivity contribution is 6.11. The highest BCUT2D eigenvalue weighted by Crippen LogP contribution is 2.49. The minimum Gasteiger partial charge on any atom is -0.0619 e. The zero-order valence-electron chi connectivity index (χ0n) is 28.1. The van der Waals surface area contributed by atoms with Crippen molar-refractivity contribution >= 4 is 32.3 Å². The molecule has 3 aliphatic carbocycles. The Bertz CT molecular complexity index is 2990. The van der Waals surface area contributed by atoms with Crippen molar-refractivity contribution in [1.82, 2.24) is 0 Å². The molecule has 0 amide bonds. The standard InChI is InChI=1S/C51H32/c1-3-11-39-30(9-1)17-18-34-26-35-23-32(19-21-41(35)49(34)39)48-29-38-27-36-24-33(20-22-42(36)51(38)46-16-8-6-14-44(46)48)47-28-37-25-31-10-2-4-12-40(31)50(37)45-15-7-5-13-43(45)47/h1-24,28-29H,25-27H2. The van der Waals surface area contributed by atoms with Crippen LogP contribution in [0.25, 0.3) is 88.0 Å². The molecular weight excluding hydrogens is 613 g/mol. The quantitative estimate of drug-likeness (QED) is 0.176. The molecule has 0 fully saturated rings. The number of hydrogen-bond donors (Lipinski definition) is 0. The van der Waals surface area contributed by atoms with E-state index in [0.717, 1.165) is 19.3 Å². The van der Waals surface area contributed by atoms with Gasteiger partial charge in [0, 0.05) is 0 Å². The van der Waals surface area contributed by atoms with Gasteiger partial charge in [0.05, 0.1) is 0 Å². The Morgan fingerprint density at radius 2 is 0.725 bits per heavy atom. The van der Waals surface area contributed by atoms with E-state index >= 15 is 0 Å². The molecule has 0 saturated carbocycles. The minimum atomic E-state index is 0.951.